The molecule has 8 heteroatoms. The second-order valence-electron chi connectivity index (χ2n) is 7.18. The number of nitro groups is 1. The molecule has 0 atom stereocenters. The number of hydrogen-bond donors (Lipinski definition) is 2. The Hall–Kier alpha value is -3.19. The van der Waals surface area contributed by atoms with E-state index < -0.39 is 10.8 Å². The molecule has 2 aromatic rings. The van der Waals surface area contributed by atoms with Crippen LogP contribution in [0.1, 0.15) is 48.0 Å². The summed E-state index contributed by atoms with van der Waals surface area (Å²) in [5.74, 6) is -0.683. The molecule has 156 valence electrons. The molecule has 0 aliphatic heterocycles. The minimum absolute atomic E-state index is 0.0520. The summed E-state index contributed by atoms with van der Waals surface area (Å²) < 4.78 is 0. The fraction of sp³-hybridized carbons (Fsp3) is 0.273. The number of carbonyl (C=O) groups is 2. The number of rotatable bonds is 6. The first-order chi connectivity index (χ1) is 14.4. The van der Waals surface area contributed by atoms with E-state index in [0.717, 1.165) is 25.7 Å². The maximum absolute atomic E-state index is 12.6. The van der Waals surface area contributed by atoms with Gasteiger partial charge in [0.05, 0.1) is 15.5 Å². The van der Waals surface area contributed by atoms with Gasteiger partial charge in [-0.15, -0.1) is 0 Å². The van der Waals surface area contributed by atoms with Crippen molar-refractivity contribution >= 4 is 40.9 Å². The molecule has 2 N–H and O–H groups in total. The number of nitro benzene ring substituents is 1. The number of nitrogens with one attached hydrogen (secondary N) is 2. The van der Waals surface area contributed by atoms with Crippen LogP contribution in [0.15, 0.2) is 48.5 Å². The van der Waals surface area contributed by atoms with Crippen molar-refractivity contribution in [2.75, 3.05) is 5.32 Å². The minimum atomic E-state index is -0.495. The number of hydrogen-bond acceptors (Lipinski definition) is 4. The summed E-state index contributed by atoms with van der Waals surface area (Å²) in [4.78, 5) is 35.2. The first kappa shape index (κ1) is 21.5. The molecule has 2 aromatic carbocycles. The van der Waals surface area contributed by atoms with Crippen LogP contribution in [-0.2, 0) is 4.79 Å². The van der Waals surface area contributed by atoms with E-state index in [2.05, 4.69) is 10.6 Å². The van der Waals surface area contributed by atoms with Crippen LogP contribution in [0.3, 0.4) is 0 Å². The van der Waals surface area contributed by atoms with E-state index in [4.69, 9.17) is 11.6 Å². The maximum Gasteiger partial charge on any atom is 0.270 e. The van der Waals surface area contributed by atoms with Crippen LogP contribution in [0.4, 0.5) is 11.4 Å². The molecule has 0 saturated heterocycles. The largest absolute Gasteiger partial charge is 0.349 e. The lowest BCUT2D eigenvalue weighted by molar-refractivity contribution is -0.384. The van der Waals surface area contributed by atoms with Crippen molar-refractivity contribution in [2.45, 2.75) is 38.1 Å². The molecule has 0 aromatic heterocycles. The number of benzene rings is 2. The smallest absolute Gasteiger partial charge is 0.270 e. The molecule has 1 saturated carbocycles. The van der Waals surface area contributed by atoms with E-state index in [9.17, 15) is 19.7 Å². The highest BCUT2D eigenvalue weighted by atomic mass is 35.5. The highest BCUT2D eigenvalue weighted by Crippen LogP contribution is 2.23. The predicted molar refractivity (Wildman–Crippen MR) is 117 cm³/mol. The summed E-state index contributed by atoms with van der Waals surface area (Å²) in [6.07, 6.45) is 8.07. The predicted octanol–water partition coefficient (Wildman–Crippen LogP) is 4.96. The van der Waals surface area contributed by atoms with Crippen molar-refractivity contribution in [3.05, 3.63) is 74.8 Å². The van der Waals surface area contributed by atoms with Crippen molar-refractivity contribution in [1.29, 1.82) is 0 Å². The number of carbonyl (C=O) groups excluding carboxylic acids is 2. The van der Waals surface area contributed by atoms with Gasteiger partial charge in [0.2, 0.25) is 5.91 Å². The van der Waals surface area contributed by atoms with Crippen molar-refractivity contribution in [3.63, 3.8) is 0 Å². The van der Waals surface area contributed by atoms with Gasteiger partial charge in [-0.25, -0.2) is 0 Å². The molecule has 7 nitrogen and oxygen atoms in total. The van der Waals surface area contributed by atoms with Crippen molar-refractivity contribution < 1.29 is 14.5 Å². The molecule has 0 spiro atoms. The Morgan fingerprint density at radius 2 is 1.87 bits per heavy atom. The van der Waals surface area contributed by atoms with Gasteiger partial charge in [-0.3, -0.25) is 19.7 Å². The fourth-order valence-corrected chi connectivity index (χ4v) is 3.59. The summed E-state index contributed by atoms with van der Waals surface area (Å²) in [6.45, 7) is 0. The van der Waals surface area contributed by atoms with Gasteiger partial charge in [0.15, 0.2) is 0 Å². The molecule has 30 heavy (non-hydrogen) atoms. The average Bonchev–Trinajstić information content (AvgIpc) is 2.74. The van der Waals surface area contributed by atoms with E-state index in [1.807, 2.05) is 0 Å². The van der Waals surface area contributed by atoms with Gasteiger partial charge in [0.25, 0.3) is 11.6 Å². The molecule has 2 amide bonds. The van der Waals surface area contributed by atoms with Gasteiger partial charge in [-0.2, -0.15) is 0 Å². The Morgan fingerprint density at radius 3 is 2.60 bits per heavy atom. The fourth-order valence-electron chi connectivity index (χ4n) is 3.38. The molecule has 0 heterocycles. The lowest BCUT2D eigenvalue weighted by Gasteiger charge is -2.23. The Kier molecular flexibility index (Phi) is 7.19. The summed E-state index contributed by atoms with van der Waals surface area (Å²) in [5.41, 5.74) is 1.22. The maximum atomic E-state index is 12.6. The summed E-state index contributed by atoms with van der Waals surface area (Å²) >= 11 is 6.18. The van der Waals surface area contributed by atoms with E-state index in [1.54, 1.807) is 30.3 Å². The lowest BCUT2D eigenvalue weighted by Crippen LogP contribution is -2.36. The zero-order chi connectivity index (χ0) is 21.5. The van der Waals surface area contributed by atoms with Gasteiger partial charge in [0, 0.05) is 29.9 Å². The van der Waals surface area contributed by atoms with Crippen LogP contribution in [0.25, 0.3) is 6.08 Å². The normalized spacial score (nSPS) is 14.4. The molecule has 1 aliphatic carbocycles. The lowest BCUT2D eigenvalue weighted by atomic mass is 9.95. The van der Waals surface area contributed by atoms with Crippen LogP contribution < -0.4 is 10.6 Å². The van der Waals surface area contributed by atoms with Crippen molar-refractivity contribution in [1.82, 2.24) is 5.32 Å². The topological polar surface area (TPSA) is 101 Å². The molecular weight excluding hydrogens is 406 g/mol. The van der Waals surface area contributed by atoms with Crippen LogP contribution in [0.5, 0.6) is 0 Å². The SMILES string of the molecule is O=C(/C=C/c1cccc([N+](=O)[O-])c1)Nc1ccc(Cl)c(C(=O)NC2CCCCC2)c1. The van der Waals surface area contributed by atoms with Crippen LogP contribution >= 0.6 is 11.6 Å². The molecular formula is C22H22ClN3O4. The number of nitrogens with zero attached hydrogens (tertiary/aromatic N) is 1. The third-order valence-corrected chi connectivity index (χ3v) is 5.26. The number of anilines is 1. The molecule has 0 unspecified atom stereocenters. The monoisotopic (exact) mass is 427 g/mol. The highest BCUT2D eigenvalue weighted by Gasteiger charge is 2.18. The van der Waals surface area contributed by atoms with Crippen LogP contribution in [0, 0.1) is 10.1 Å². The van der Waals surface area contributed by atoms with Crippen molar-refractivity contribution in [3.8, 4) is 0 Å². The zero-order valence-electron chi connectivity index (χ0n) is 16.3. The van der Waals surface area contributed by atoms with Gasteiger partial charge in [0.1, 0.15) is 0 Å². The van der Waals surface area contributed by atoms with Crippen LogP contribution in [-0.4, -0.2) is 22.8 Å². The second kappa shape index (κ2) is 10.0. The van der Waals surface area contributed by atoms with Gasteiger partial charge >= 0.3 is 0 Å². The summed E-state index contributed by atoms with van der Waals surface area (Å²) in [7, 11) is 0. The molecule has 1 fully saturated rings. The van der Waals surface area contributed by atoms with Gasteiger partial charge in [-0.1, -0.05) is 43.0 Å². The summed E-state index contributed by atoms with van der Waals surface area (Å²) in [6, 6.07) is 10.8. The third kappa shape index (κ3) is 5.90. The van der Waals surface area contributed by atoms with E-state index in [1.165, 1.54) is 30.7 Å². The van der Waals surface area contributed by atoms with Gasteiger partial charge < -0.3 is 10.6 Å². The van der Waals surface area contributed by atoms with Crippen molar-refractivity contribution in [2.24, 2.45) is 0 Å². The van der Waals surface area contributed by atoms with Gasteiger partial charge in [-0.05, 0) is 42.7 Å². The molecule has 0 radical (unpaired) electrons. The Balaban J connectivity index is 1.65. The summed E-state index contributed by atoms with van der Waals surface area (Å²) in [5, 5.41) is 16.8. The second-order valence-corrected chi connectivity index (χ2v) is 7.58. The zero-order valence-corrected chi connectivity index (χ0v) is 17.0. The number of amides is 2. The van der Waals surface area contributed by atoms with E-state index in [0.29, 0.717) is 21.8 Å². The molecule has 3 rings (SSSR count). The number of halogens is 1. The van der Waals surface area contributed by atoms with E-state index >= 15 is 0 Å². The third-order valence-electron chi connectivity index (χ3n) is 4.93. The minimum Gasteiger partial charge on any atom is -0.349 e. The average molecular weight is 428 g/mol. The Bertz CT molecular complexity index is 984. The van der Waals surface area contributed by atoms with Crippen LogP contribution in [0.2, 0.25) is 5.02 Å². The number of non-ortho nitro benzene ring substituents is 1. The molecule has 0 bridgehead atoms. The first-order valence-electron chi connectivity index (χ1n) is 9.76. The Labute approximate surface area is 179 Å². The molecule has 1 aliphatic rings. The Morgan fingerprint density at radius 1 is 1.10 bits per heavy atom. The highest BCUT2D eigenvalue weighted by molar-refractivity contribution is 6.34. The first-order valence-corrected chi connectivity index (χ1v) is 10.1. The van der Waals surface area contributed by atoms with E-state index in [-0.39, 0.29) is 17.6 Å². The quantitative estimate of drug-likeness (QED) is 0.386. The standard InChI is InChI=1S/C22H22ClN3O4/c23-20-11-10-17(14-19(20)22(28)25-16-6-2-1-3-7-16)24-21(27)12-9-15-5-4-8-18(13-15)26(29)30/h4-5,8-14,16H,1-3,6-7H2,(H,24,27)(H,25,28)/b12-9+.